The van der Waals surface area contributed by atoms with E-state index < -0.39 is 24.1 Å². The van der Waals surface area contributed by atoms with Gasteiger partial charge in [0.05, 0.1) is 24.2 Å². The highest BCUT2D eigenvalue weighted by molar-refractivity contribution is 7.89. The van der Waals surface area contributed by atoms with E-state index in [1.54, 1.807) is 24.3 Å². The van der Waals surface area contributed by atoms with Crippen LogP contribution in [0.15, 0.2) is 46.4 Å². The van der Waals surface area contributed by atoms with E-state index in [1.807, 2.05) is 6.92 Å². The van der Waals surface area contributed by atoms with Gasteiger partial charge in [0.25, 0.3) is 10.0 Å². The number of allylic oxidation sites excluding steroid dienone is 1. The Morgan fingerprint density at radius 1 is 1.12 bits per heavy atom. The molecule has 1 aromatic rings. The molecule has 1 spiro atoms. The molecule has 0 unspecified atom stereocenters. The van der Waals surface area contributed by atoms with Gasteiger partial charge in [-0.15, -0.1) is 0 Å². The SMILES string of the molecule is CCCCC[C@@H](/C=C/[C@H]1/C(=N/NS(=O)(=O)c2ccc(C)cc2)C[C@@H]2CC3(C[C@@H]21)OCC(C)(C)CO3)O[Si](C)(C)C(C)(C)C. The second-order valence-corrected chi connectivity index (χ2v) is 21.9. The van der Waals surface area contributed by atoms with Crippen LogP contribution in [0.2, 0.25) is 18.1 Å². The zero-order chi connectivity index (χ0) is 31.7. The third-order valence-corrected chi connectivity index (χ3v) is 15.7. The summed E-state index contributed by atoms with van der Waals surface area (Å²) in [5.74, 6) is 0.0220. The van der Waals surface area contributed by atoms with Crippen LogP contribution in [0.1, 0.15) is 92.1 Å². The smallest absolute Gasteiger partial charge is 0.276 e. The molecular formula is C34H56N2O5SSi. The fraction of sp³-hybridized carbons (Fsp3) is 0.735. The Hall–Kier alpha value is -1.52. The summed E-state index contributed by atoms with van der Waals surface area (Å²) in [6.07, 6.45) is 11.3. The van der Waals surface area contributed by atoms with Crippen molar-refractivity contribution in [2.24, 2.45) is 28.3 Å². The highest BCUT2D eigenvalue weighted by Gasteiger charge is 2.56. The minimum absolute atomic E-state index is 0.00985. The molecule has 3 fully saturated rings. The number of nitrogens with zero attached hydrogens (tertiary/aromatic N) is 1. The summed E-state index contributed by atoms with van der Waals surface area (Å²) >= 11 is 0. The first-order valence-corrected chi connectivity index (χ1v) is 20.6. The van der Waals surface area contributed by atoms with Gasteiger partial charge in [0.15, 0.2) is 14.1 Å². The third-order valence-electron chi connectivity index (χ3n) is 10.0. The van der Waals surface area contributed by atoms with Crippen molar-refractivity contribution in [3.63, 3.8) is 0 Å². The number of aryl methyl sites for hydroxylation is 1. The lowest BCUT2D eigenvalue weighted by atomic mass is 9.90. The Kier molecular flexibility index (Phi) is 10.4. The average molecular weight is 633 g/mol. The summed E-state index contributed by atoms with van der Waals surface area (Å²) < 4.78 is 46.0. The van der Waals surface area contributed by atoms with E-state index in [2.05, 4.69) is 76.7 Å². The van der Waals surface area contributed by atoms with Crippen molar-refractivity contribution in [2.75, 3.05) is 13.2 Å². The summed E-state index contributed by atoms with van der Waals surface area (Å²) in [6, 6.07) is 6.86. The highest BCUT2D eigenvalue weighted by Crippen LogP contribution is 2.54. The molecule has 0 radical (unpaired) electrons. The molecule has 4 rings (SSSR count). The van der Waals surface area contributed by atoms with Gasteiger partial charge in [-0.05, 0) is 61.9 Å². The van der Waals surface area contributed by atoms with Gasteiger partial charge in [0, 0.05) is 29.9 Å². The third kappa shape index (κ3) is 8.40. The van der Waals surface area contributed by atoms with E-state index in [1.165, 1.54) is 12.8 Å². The number of nitrogens with one attached hydrogen (secondary N) is 1. The summed E-state index contributed by atoms with van der Waals surface area (Å²) in [6.45, 7) is 21.3. The first kappa shape index (κ1) is 34.4. The molecule has 0 aromatic heterocycles. The number of fused-ring (bicyclic) bond motifs is 1. The van der Waals surface area contributed by atoms with Crippen LogP contribution in [-0.4, -0.2) is 47.6 Å². The van der Waals surface area contributed by atoms with Crippen LogP contribution in [0.25, 0.3) is 0 Å². The number of hydrogen-bond donors (Lipinski definition) is 1. The van der Waals surface area contributed by atoms with Crippen LogP contribution in [-0.2, 0) is 23.9 Å². The molecule has 2 saturated carbocycles. The maximum absolute atomic E-state index is 13.1. The van der Waals surface area contributed by atoms with Gasteiger partial charge in [-0.25, -0.2) is 4.83 Å². The molecule has 2 aliphatic carbocycles. The molecule has 4 atom stereocenters. The van der Waals surface area contributed by atoms with Gasteiger partial charge < -0.3 is 13.9 Å². The predicted octanol–water partition coefficient (Wildman–Crippen LogP) is 7.97. The molecule has 1 aromatic carbocycles. The summed E-state index contributed by atoms with van der Waals surface area (Å²) in [4.78, 5) is 2.78. The molecular weight excluding hydrogens is 577 g/mol. The standard InChI is InChI=1S/C34H56N2O5SSi/c1-10-11-12-13-27(41-43(8,9)32(3,4)5)16-19-29-30-22-34(39-23-33(6,7)24-40-34)21-26(30)20-31(29)35-36-42(37,38)28-17-14-25(2)15-18-28/h14-19,26-27,29-30,36H,10-13,20-24H2,1-9H3/b19-16+,35-31+/t26-,27+,29-,30+/m1/s1. The number of unbranched alkanes of at least 4 members (excludes halogenated alkanes) is 2. The fourth-order valence-electron chi connectivity index (χ4n) is 6.28. The quantitative estimate of drug-likeness (QED) is 0.116. The highest BCUT2D eigenvalue weighted by atomic mass is 32.2. The van der Waals surface area contributed by atoms with Gasteiger partial charge in [-0.1, -0.05) is 90.7 Å². The van der Waals surface area contributed by atoms with Crippen molar-refractivity contribution in [3.05, 3.63) is 42.0 Å². The molecule has 0 amide bonds. The van der Waals surface area contributed by atoms with E-state index in [0.717, 1.165) is 43.4 Å². The lowest BCUT2D eigenvalue weighted by Crippen LogP contribution is -2.46. The molecule has 1 saturated heterocycles. The first-order valence-electron chi connectivity index (χ1n) is 16.2. The Balaban J connectivity index is 1.60. The van der Waals surface area contributed by atoms with E-state index in [-0.39, 0.29) is 33.3 Å². The van der Waals surface area contributed by atoms with E-state index in [9.17, 15) is 8.42 Å². The normalized spacial score (nSPS) is 27.2. The van der Waals surface area contributed by atoms with Crippen molar-refractivity contribution < 1.29 is 22.3 Å². The molecule has 3 aliphatic rings. The molecule has 9 heteroatoms. The largest absolute Gasteiger partial charge is 0.411 e. The summed E-state index contributed by atoms with van der Waals surface area (Å²) in [7, 11) is -5.76. The van der Waals surface area contributed by atoms with E-state index in [0.29, 0.717) is 19.1 Å². The molecule has 7 nitrogen and oxygen atoms in total. The topological polar surface area (TPSA) is 86.2 Å². The maximum atomic E-state index is 13.1. The number of rotatable bonds is 11. The minimum Gasteiger partial charge on any atom is -0.411 e. The molecule has 1 heterocycles. The first-order chi connectivity index (χ1) is 20.0. The molecule has 242 valence electrons. The fourth-order valence-corrected chi connectivity index (χ4v) is 8.42. The van der Waals surface area contributed by atoms with Gasteiger partial charge >= 0.3 is 0 Å². The zero-order valence-electron chi connectivity index (χ0n) is 28.0. The van der Waals surface area contributed by atoms with E-state index in [4.69, 9.17) is 13.9 Å². The van der Waals surface area contributed by atoms with Crippen LogP contribution in [0.3, 0.4) is 0 Å². The predicted molar refractivity (Wildman–Crippen MR) is 177 cm³/mol. The maximum Gasteiger partial charge on any atom is 0.276 e. The van der Waals surface area contributed by atoms with E-state index >= 15 is 0 Å². The van der Waals surface area contributed by atoms with Crippen LogP contribution >= 0.6 is 0 Å². The number of benzene rings is 1. The zero-order valence-corrected chi connectivity index (χ0v) is 29.9. The molecule has 0 bridgehead atoms. The summed E-state index contributed by atoms with van der Waals surface area (Å²) in [5, 5.41) is 4.71. The Morgan fingerprint density at radius 2 is 1.77 bits per heavy atom. The average Bonchev–Trinajstić information content (AvgIpc) is 3.41. The van der Waals surface area contributed by atoms with Crippen LogP contribution in [0, 0.1) is 30.1 Å². The number of sulfonamides is 1. The molecule has 1 aliphatic heterocycles. The number of hydrazone groups is 1. The number of ether oxygens (including phenoxy) is 2. The molecule has 43 heavy (non-hydrogen) atoms. The lowest BCUT2D eigenvalue weighted by molar-refractivity contribution is -0.297. The lowest BCUT2D eigenvalue weighted by Gasteiger charge is -2.42. The van der Waals surface area contributed by atoms with Gasteiger partial charge in [-0.2, -0.15) is 13.5 Å². The van der Waals surface area contributed by atoms with Crippen LogP contribution in [0.5, 0.6) is 0 Å². The van der Waals surface area contributed by atoms with Crippen molar-refractivity contribution in [1.82, 2.24) is 4.83 Å². The second-order valence-electron chi connectivity index (χ2n) is 15.5. The van der Waals surface area contributed by atoms with Crippen molar-refractivity contribution in [3.8, 4) is 0 Å². The monoisotopic (exact) mass is 632 g/mol. The Labute approximate surface area is 262 Å². The van der Waals surface area contributed by atoms with Gasteiger partial charge in [-0.3, -0.25) is 0 Å². The Morgan fingerprint density at radius 3 is 2.37 bits per heavy atom. The molecule has 1 N–H and O–H groups in total. The van der Waals surface area contributed by atoms with Gasteiger partial charge in [0.2, 0.25) is 0 Å². The number of hydrogen-bond acceptors (Lipinski definition) is 6. The van der Waals surface area contributed by atoms with Crippen LogP contribution < -0.4 is 4.83 Å². The van der Waals surface area contributed by atoms with Gasteiger partial charge in [0.1, 0.15) is 0 Å². The Bertz CT molecular complexity index is 1260. The van der Waals surface area contributed by atoms with Crippen molar-refractivity contribution >= 4 is 24.1 Å². The van der Waals surface area contributed by atoms with Crippen LogP contribution in [0.4, 0.5) is 0 Å². The minimum atomic E-state index is -3.77. The summed E-state index contributed by atoms with van der Waals surface area (Å²) in [5.41, 5.74) is 1.90. The van der Waals surface area contributed by atoms with Crippen molar-refractivity contribution in [2.45, 2.75) is 128 Å². The van der Waals surface area contributed by atoms with Crippen molar-refractivity contribution in [1.29, 1.82) is 0 Å². The second kappa shape index (κ2) is 13.1.